The van der Waals surface area contributed by atoms with Gasteiger partial charge in [-0.05, 0) is 13.8 Å². The molecule has 0 bridgehead atoms. The molecule has 0 spiro atoms. The molecule has 1 aromatic rings. The molecular weight excluding hydrogens is 246 g/mol. The molecule has 1 fully saturated rings. The van der Waals surface area contributed by atoms with E-state index in [4.69, 9.17) is 4.74 Å². The van der Waals surface area contributed by atoms with Crippen LogP contribution in [0.5, 0.6) is 0 Å². The molecular formula is C12H21N5O2. The Morgan fingerprint density at radius 3 is 2.79 bits per heavy atom. The molecule has 19 heavy (non-hydrogen) atoms. The van der Waals surface area contributed by atoms with Crippen LogP contribution in [0.15, 0.2) is 12.7 Å². The summed E-state index contributed by atoms with van der Waals surface area (Å²) in [7, 11) is 0. The predicted molar refractivity (Wildman–Crippen MR) is 69.6 cm³/mol. The van der Waals surface area contributed by atoms with Crippen LogP contribution in [0.25, 0.3) is 0 Å². The second-order valence-corrected chi connectivity index (χ2v) is 4.79. The summed E-state index contributed by atoms with van der Waals surface area (Å²) < 4.78 is 6.87. The van der Waals surface area contributed by atoms with Gasteiger partial charge in [-0.3, -0.25) is 9.69 Å². The zero-order valence-electron chi connectivity index (χ0n) is 11.5. The third kappa shape index (κ3) is 3.74. The molecule has 7 heteroatoms. The third-order valence-electron chi connectivity index (χ3n) is 3.45. The highest BCUT2D eigenvalue weighted by Gasteiger charge is 2.20. The average Bonchev–Trinajstić information content (AvgIpc) is 2.98. The van der Waals surface area contributed by atoms with Gasteiger partial charge in [-0.1, -0.05) is 0 Å². The molecule has 1 N–H and O–H groups in total. The quantitative estimate of drug-likeness (QED) is 0.791. The van der Waals surface area contributed by atoms with Crippen LogP contribution >= 0.6 is 0 Å². The van der Waals surface area contributed by atoms with Crippen molar-refractivity contribution in [1.82, 2.24) is 25.0 Å². The van der Waals surface area contributed by atoms with Gasteiger partial charge in [-0.15, -0.1) is 0 Å². The number of morpholine rings is 1. The smallest absolute Gasteiger partial charge is 0.244 e. The van der Waals surface area contributed by atoms with Crippen LogP contribution in [-0.4, -0.2) is 64.5 Å². The minimum absolute atomic E-state index is 0.0365. The van der Waals surface area contributed by atoms with Gasteiger partial charge in [-0.2, -0.15) is 5.10 Å². The van der Waals surface area contributed by atoms with Crippen molar-refractivity contribution in [1.29, 1.82) is 0 Å². The summed E-state index contributed by atoms with van der Waals surface area (Å²) in [5, 5.41) is 6.93. The van der Waals surface area contributed by atoms with E-state index in [1.807, 2.05) is 6.92 Å². The number of carbonyl (C=O) groups excluding carboxylic acids is 1. The van der Waals surface area contributed by atoms with Gasteiger partial charge in [0.25, 0.3) is 0 Å². The second kappa shape index (κ2) is 6.63. The minimum Gasteiger partial charge on any atom is -0.379 e. The Morgan fingerprint density at radius 2 is 2.16 bits per heavy atom. The van der Waals surface area contributed by atoms with Crippen LogP contribution in [0.1, 0.15) is 19.9 Å². The lowest BCUT2D eigenvalue weighted by Crippen LogP contribution is -2.48. The molecule has 106 valence electrons. The van der Waals surface area contributed by atoms with Crippen molar-refractivity contribution in [2.24, 2.45) is 0 Å². The van der Waals surface area contributed by atoms with Crippen molar-refractivity contribution < 1.29 is 9.53 Å². The molecule has 0 saturated carbocycles. The minimum atomic E-state index is -0.334. The zero-order chi connectivity index (χ0) is 13.7. The van der Waals surface area contributed by atoms with E-state index in [2.05, 4.69) is 27.2 Å². The van der Waals surface area contributed by atoms with Crippen LogP contribution in [0, 0.1) is 0 Å². The summed E-state index contributed by atoms with van der Waals surface area (Å²) in [6.07, 6.45) is 2.98. The maximum Gasteiger partial charge on any atom is 0.244 e. The van der Waals surface area contributed by atoms with Gasteiger partial charge in [0.2, 0.25) is 5.91 Å². The highest BCUT2D eigenvalue weighted by Crippen LogP contribution is 2.04. The standard InChI is InChI=1S/C12H21N5O2/c1-10(16-3-5-19-6-4-16)7-14-12(18)11(2)17-9-13-8-15-17/h8-11H,3-7H2,1-2H3,(H,14,18)/t10-,11+/m1/s1. The lowest BCUT2D eigenvalue weighted by atomic mass is 10.2. The first-order valence-electron chi connectivity index (χ1n) is 6.62. The molecule has 1 aromatic heterocycles. The number of aromatic nitrogens is 3. The first-order valence-corrected chi connectivity index (χ1v) is 6.62. The topological polar surface area (TPSA) is 72.3 Å². The number of carbonyl (C=O) groups is 1. The third-order valence-corrected chi connectivity index (χ3v) is 3.45. The number of nitrogens with zero attached hydrogens (tertiary/aromatic N) is 4. The SMILES string of the molecule is C[C@H](CNC(=O)[C@H](C)n1cncn1)N1CCOCC1. The maximum absolute atomic E-state index is 12.0. The molecule has 0 radical (unpaired) electrons. The van der Waals surface area contributed by atoms with Gasteiger partial charge in [-0.25, -0.2) is 9.67 Å². The lowest BCUT2D eigenvalue weighted by Gasteiger charge is -2.32. The van der Waals surface area contributed by atoms with Crippen LogP contribution < -0.4 is 5.32 Å². The molecule has 1 aliphatic rings. The fraction of sp³-hybridized carbons (Fsp3) is 0.750. The van der Waals surface area contributed by atoms with Crippen LogP contribution in [0.2, 0.25) is 0 Å². The summed E-state index contributed by atoms with van der Waals surface area (Å²) in [4.78, 5) is 18.2. The van der Waals surface area contributed by atoms with E-state index in [1.54, 1.807) is 11.0 Å². The Balaban J connectivity index is 1.76. The van der Waals surface area contributed by atoms with Gasteiger partial charge in [0.05, 0.1) is 13.2 Å². The number of ether oxygens (including phenoxy) is 1. The number of nitrogens with one attached hydrogen (secondary N) is 1. The largest absolute Gasteiger partial charge is 0.379 e. The van der Waals surface area contributed by atoms with Crippen molar-refractivity contribution in [2.75, 3.05) is 32.8 Å². The van der Waals surface area contributed by atoms with Crippen LogP contribution in [-0.2, 0) is 9.53 Å². The average molecular weight is 267 g/mol. The molecule has 2 atom stereocenters. The highest BCUT2D eigenvalue weighted by atomic mass is 16.5. The molecule has 2 heterocycles. The van der Waals surface area contributed by atoms with Gasteiger partial charge in [0.1, 0.15) is 18.7 Å². The first kappa shape index (κ1) is 14.0. The van der Waals surface area contributed by atoms with E-state index in [1.165, 1.54) is 6.33 Å². The van der Waals surface area contributed by atoms with Gasteiger partial charge in [0.15, 0.2) is 0 Å². The van der Waals surface area contributed by atoms with E-state index in [0.717, 1.165) is 26.3 Å². The summed E-state index contributed by atoms with van der Waals surface area (Å²) >= 11 is 0. The summed E-state index contributed by atoms with van der Waals surface area (Å²) in [5.41, 5.74) is 0. The van der Waals surface area contributed by atoms with Gasteiger partial charge < -0.3 is 10.1 Å². The van der Waals surface area contributed by atoms with E-state index in [9.17, 15) is 4.79 Å². The van der Waals surface area contributed by atoms with E-state index in [-0.39, 0.29) is 11.9 Å². The van der Waals surface area contributed by atoms with Crippen molar-refractivity contribution in [3.63, 3.8) is 0 Å². The van der Waals surface area contributed by atoms with E-state index in [0.29, 0.717) is 12.6 Å². The molecule has 7 nitrogen and oxygen atoms in total. The lowest BCUT2D eigenvalue weighted by molar-refractivity contribution is -0.124. The summed E-state index contributed by atoms with van der Waals surface area (Å²) in [6, 6.07) is -0.0183. The number of rotatable bonds is 5. The molecule has 2 rings (SSSR count). The maximum atomic E-state index is 12.0. The summed E-state index contributed by atoms with van der Waals surface area (Å²) in [5.74, 6) is -0.0365. The summed E-state index contributed by atoms with van der Waals surface area (Å²) in [6.45, 7) is 7.96. The van der Waals surface area contributed by atoms with Crippen molar-refractivity contribution in [3.8, 4) is 0 Å². The van der Waals surface area contributed by atoms with Crippen molar-refractivity contribution >= 4 is 5.91 Å². The predicted octanol–water partition coefficient (Wildman–Crippen LogP) is -0.324. The fourth-order valence-electron chi connectivity index (χ4n) is 2.08. The Labute approximate surface area is 112 Å². The Kier molecular flexibility index (Phi) is 4.86. The Hall–Kier alpha value is -1.47. The monoisotopic (exact) mass is 267 g/mol. The molecule has 0 unspecified atom stereocenters. The number of amides is 1. The molecule has 1 saturated heterocycles. The number of hydrogen-bond donors (Lipinski definition) is 1. The molecule has 0 aromatic carbocycles. The Morgan fingerprint density at radius 1 is 1.42 bits per heavy atom. The van der Waals surface area contributed by atoms with E-state index < -0.39 is 0 Å². The normalized spacial score (nSPS) is 19.9. The second-order valence-electron chi connectivity index (χ2n) is 4.79. The first-order chi connectivity index (χ1) is 9.18. The van der Waals surface area contributed by atoms with Crippen LogP contribution in [0.4, 0.5) is 0 Å². The number of hydrogen-bond acceptors (Lipinski definition) is 5. The fourth-order valence-corrected chi connectivity index (χ4v) is 2.08. The highest BCUT2D eigenvalue weighted by molar-refractivity contribution is 5.79. The van der Waals surface area contributed by atoms with Crippen molar-refractivity contribution in [3.05, 3.63) is 12.7 Å². The van der Waals surface area contributed by atoms with Gasteiger partial charge in [0, 0.05) is 25.7 Å². The zero-order valence-corrected chi connectivity index (χ0v) is 11.5. The molecule has 0 aliphatic carbocycles. The van der Waals surface area contributed by atoms with Crippen molar-refractivity contribution in [2.45, 2.75) is 25.9 Å². The van der Waals surface area contributed by atoms with E-state index >= 15 is 0 Å². The van der Waals surface area contributed by atoms with Gasteiger partial charge >= 0.3 is 0 Å². The van der Waals surface area contributed by atoms with Crippen LogP contribution in [0.3, 0.4) is 0 Å². The molecule has 1 aliphatic heterocycles. The Bertz CT molecular complexity index is 389. The molecule has 1 amide bonds.